The fourth-order valence-electron chi connectivity index (χ4n) is 1.41. The predicted molar refractivity (Wildman–Crippen MR) is 62.5 cm³/mol. The van der Waals surface area contributed by atoms with Crippen molar-refractivity contribution in [2.45, 2.75) is 0 Å². The van der Waals surface area contributed by atoms with Crippen molar-refractivity contribution in [2.24, 2.45) is 5.84 Å². The number of carbonyl (C=O) groups is 1. The fraction of sp³-hybridized carbons (Fsp3) is 0.100. The number of aromatic nitrogens is 3. The lowest BCUT2D eigenvalue weighted by Crippen LogP contribution is -2.19. The molecule has 1 amide bonds. The molecule has 0 fully saturated rings. The lowest BCUT2D eigenvalue weighted by Gasteiger charge is -2.06. The van der Waals surface area contributed by atoms with E-state index in [0.717, 1.165) is 4.68 Å². The number of rotatable bonds is 3. The van der Waals surface area contributed by atoms with Gasteiger partial charge in [0, 0.05) is 19.3 Å². The van der Waals surface area contributed by atoms with E-state index in [4.69, 9.17) is 5.84 Å². The van der Waals surface area contributed by atoms with E-state index in [1.165, 1.54) is 19.3 Å². The SMILES string of the molecule is CNC(=O)c1ccn(-c2nc(NN)c(F)cc2F)n1. The number of nitrogen functional groups attached to an aromatic ring is 1. The molecular weight excluding hydrogens is 258 g/mol. The van der Waals surface area contributed by atoms with Gasteiger partial charge in [0.15, 0.2) is 29.0 Å². The number of hydrogen-bond acceptors (Lipinski definition) is 5. The minimum Gasteiger partial charge on any atom is -0.354 e. The summed E-state index contributed by atoms with van der Waals surface area (Å²) in [7, 11) is 1.44. The Kier molecular flexibility index (Phi) is 3.38. The van der Waals surface area contributed by atoms with Crippen molar-refractivity contribution in [3.05, 3.63) is 35.7 Å². The summed E-state index contributed by atoms with van der Waals surface area (Å²) in [6, 6.07) is 2.00. The van der Waals surface area contributed by atoms with Gasteiger partial charge in [-0.2, -0.15) is 5.10 Å². The second-order valence-electron chi connectivity index (χ2n) is 3.49. The molecule has 7 nitrogen and oxygen atoms in total. The molecule has 2 aromatic heterocycles. The lowest BCUT2D eigenvalue weighted by molar-refractivity contribution is 0.0957. The fourth-order valence-corrected chi connectivity index (χ4v) is 1.41. The topological polar surface area (TPSA) is 97.9 Å². The highest BCUT2D eigenvalue weighted by molar-refractivity contribution is 5.91. The summed E-state index contributed by atoms with van der Waals surface area (Å²) >= 11 is 0. The molecule has 0 atom stereocenters. The van der Waals surface area contributed by atoms with Gasteiger partial charge in [0.25, 0.3) is 5.91 Å². The molecule has 2 heterocycles. The van der Waals surface area contributed by atoms with Crippen LogP contribution >= 0.6 is 0 Å². The quantitative estimate of drug-likeness (QED) is 0.545. The first-order valence-electron chi connectivity index (χ1n) is 5.17. The van der Waals surface area contributed by atoms with Crippen molar-refractivity contribution in [3.63, 3.8) is 0 Å². The van der Waals surface area contributed by atoms with Gasteiger partial charge in [0.2, 0.25) is 0 Å². The monoisotopic (exact) mass is 268 g/mol. The van der Waals surface area contributed by atoms with Crippen LogP contribution in [0.25, 0.3) is 5.82 Å². The minimum absolute atomic E-state index is 0.0790. The van der Waals surface area contributed by atoms with Gasteiger partial charge in [-0.15, -0.1) is 0 Å². The maximum Gasteiger partial charge on any atom is 0.271 e. The first kappa shape index (κ1) is 12.9. The Morgan fingerprint density at radius 3 is 2.79 bits per heavy atom. The van der Waals surface area contributed by atoms with Crippen LogP contribution in [0.1, 0.15) is 10.5 Å². The van der Waals surface area contributed by atoms with E-state index < -0.39 is 17.5 Å². The molecule has 4 N–H and O–H groups in total. The van der Waals surface area contributed by atoms with Crippen molar-refractivity contribution >= 4 is 11.7 Å². The summed E-state index contributed by atoms with van der Waals surface area (Å²) in [5, 5.41) is 6.20. The number of nitrogens with one attached hydrogen (secondary N) is 2. The number of carbonyl (C=O) groups excluding carboxylic acids is 1. The largest absolute Gasteiger partial charge is 0.354 e. The highest BCUT2D eigenvalue weighted by atomic mass is 19.1. The number of nitrogens with zero attached hydrogens (tertiary/aromatic N) is 3. The molecule has 19 heavy (non-hydrogen) atoms. The molecule has 9 heteroatoms. The number of pyridine rings is 1. The molecule has 0 bridgehead atoms. The molecule has 0 radical (unpaired) electrons. The number of amides is 1. The predicted octanol–water partition coefficient (Wildman–Crippen LogP) is 0.191. The van der Waals surface area contributed by atoms with Crippen LogP contribution in [0.15, 0.2) is 18.3 Å². The van der Waals surface area contributed by atoms with Gasteiger partial charge in [0.1, 0.15) is 0 Å². The number of hydrazine groups is 1. The van der Waals surface area contributed by atoms with E-state index in [1.807, 2.05) is 5.43 Å². The molecule has 0 aliphatic carbocycles. The van der Waals surface area contributed by atoms with E-state index in [2.05, 4.69) is 15.4 Å². The molecule has 2 rings (SSSR count). The molecular formula is C10H10F2N6O. The molecule has 0 aromatic carbocycles. The first-order chi connectivity index (χ1) is 9.06. The van der Waals surface area contributed by atoms with Gasteiger partial charge >= 0.3 is 0 Å². The second kappa shape index (κ2) is 4.98. The molecule has 2 aromatic rings. The van der Waals surface area contributed by atoms with Crippen molar-refractivity contribution in [3.8, 4) is 5.82 Å². The van der Waals surface area contributed by atoms with Gasteiger partial charge in [-0.25, -0.2) is 24.3 Å². The van der Waals surface area contributed by atoms with E-state index >= 15 is 0 Å². The third-order valence-electron chi connectivity index (χ3n) is 2.31. The zero-order valence-electron chi connectivity index (χ0n) is 9.82. The highest BCUT2D eigenvalue weighted by Crippen LogP contribution is 2.17. The molecule has 0 aliphatic heterocycles. The van der Waals surface area contributed by atoms with Crippen LogP contribution in [-0.4, -0.2) is 27.7 Å². The third kappa shape index (κ3) is 2.36. The molecule has 0 saturated carbocycles. The average Bonchev–Trinajstić information content (AvgIpc) is 2.87. The van der Waals surface area contributed by atoms with Crippen LogP contribution in [-0.2, 0) is 0 Å². The van der Waals surface area contributed by atoms with E-state index in [-0.39, 0.29) is 17.3 Å². The third-order valence-corrected chi connectivity index (χ3v) is 2.31. The van der Waals surface area contributed by atoms with Crippen molar-refractivity contribution in [1.29, 1.82) is 0 Å². The number of halogens is 2. The number of anilines is 1. The van der Waals surface area contributed by atoms with Crippen molar-refractivity contribution in [2.75, 3.05) is 12.5 Å². The van der Waals surface area contributed by atoms with E-state index in [0.29, 0.717) is 6.07 Å². The molecule has 0 saturated heterocycles. The van der Waals surface area contributed by atoms with Gasteiger partial charge in [0.05, 0.1) is 0 Å². The summed E-state index contributed by atoms with van der Waals surface area (Å²) in [5.74, 6) is 2.17. The Morgan fingerprint density at radius 1 is 1.42 bits per heavy atom. The van der Waals surface area contributed by atoms with Gasteiger partial charge < -0.3 is 10.7 Å². The summed E-state index contributed by atoms with van der Waals surface area (Å²) in [6.07, 6.45) is 1.33. The number of nitrogens with two attached hydrogens (primary N) is 1. The van der Waals surface area contributed by atoms with Crippen molar-refractivity contribution in [1.82, 2.24) is 20.1 Å². The summed E-state index contributed by atoms with van der Waals surface area (Å²) < 4.78 is 27.8. The van der Waals surface area contributed by atoms with Crippen LogP contribution in [0.2, 0.25) is 0 Å². The Morgan fingerprint density at radius 2 is 2.16 bits per heavy atom. The van der Waals surface area contributed by atoms with E-state index in [9.17, 15) is 13.6 Å². The Bertz CT molecular complexity index is 626. The second-order valence-corrected chi connectivity index (χ2v) is 3.49. The van der Waals surface area contributed by atoms with Crippen molar-refractivity contribution < 1.29 is 13.6 Å². The molecule has 0 spiro atoms. The van der Waals surface area contributed by atoms with Gasteiger partial charge in [-0.1, -0.05) is 0 Å². The lowest BCUT2D eigenvalue weighted by atomic mass is 10.4. The summed E-state index contributed by atoms with van der Waals surface area (Å²) in [4.78, 5) is 15.0. The molecule has 100 valence electrons. The standard InChI is InChI=1S/C10H10F2N6O/c1-14-10(19)7-2-3-18(17-7)9-6(12)4-5(11)8(15-9)16-13/h2-4H,13H2,1H3,(H,14,19)(H,15,16). The van der Waals surface area contributed by atoms with Gasteiger partial charge in [-0.05, 0) is 6.07 Å². The van der Waals surface area contributed by atoms with Crippen LogP contribution in [0.3, 0.4) is 0 Å². The first-order valence-corrected chi connectivity index (χ1v) is 5.17. The Labute approximate surface area is 106 Å². The summed E-state index contributed by atoms with van der Waals surface area (Å²) in [5.41, 5.74) is 2.08. The summed E-state index contributed by atoms with van der Waals surface area (Å²) in [6.45, 7) is 0. The highest BCUT2D eigenvalue weighted by Gasteiger charge is 2.15. The zero-order valence-corrected chi connectivity index (χ0v) is 9.82. The maximum atomic E-state index is 13.6. The van der Waals surface area contributed by atoms with Crippen LogP contribution < -0.4 is 16.6 Å². The molecule has 0 aliphatic rings. The van der Waals surface area contributed by atoms with Crippen LogP contribution in [0.4, 0.5) is 14.6 Å². The average molecular weight is 268 g/mol. The van der Waals surface area contributed by atoms with Crippen LogP contribution in [0.5, 0.6) is 0 Å². The zero-order chi connectivity index (χ0) is 14.0. The Balaban J connectivity index is 2.47. The number of hydrogen-bond donors (Lipinski definition) is 3. The van der Waals surface area contributed by atoms with E-state index in [1.54, 1.807) is 0 Å². The minimum atomic E-state index is -0.928. The Hall–Kier alpha value is -2.55. The maximum absolute atomic E-state index is 13.6. The van der Waals surface area contributed by atoms with Crippen LogP contribution in [0, 0.1) is 11.6 Å². The van der Waals surface area contributed by atoms with Gasteiger partial charge in [-0.3, -0.25) is 4.79 Å². The normalized spacial score (nSPS) is 10.3. The smallest absolute Gasteiger partial charge is 0.271 e. The molecule has 0 unspecified atom stereocenters.